The van der Waals surface area contributed by atoms with Crippen LogP contribution < -0.4 is 4.74 Å². The molecule has 0 heterocycles. The fraction of sp³-hybridized carbons (Fsp3) is 0.353. The number of hydrogen-bond acceptors (Lipinski definition) is 8. The molecule has 0 bridgehead atoms. The van der Waals surface area contributed by atoms with Crippen LogP contribution in [0.15, 0.2) is 30.4 Å². The third-order valence-corrected chi connectivity index (χ3v) is 4.87. The van der Waals surface area contributed by atoms with Crippen molar-refractivity contribution in [1.82, 2.24) is 0 Å². The molecule has 0 fully saturated rings. The van der Waals surface area contributed by atoms with Crippen LogP contribution in [-0.2, 0) is 29.2 Å². The van der Waals surface area contributed by atoms with Gasteiger partial charge in [0.15, 0.2) is 0 Å². The van der Waals surface area contributed by atoms with Gasteiger partial charge in [0.05, 0.1) is 12.0 Å². The number of halogens is 1. The summed E-state index contributed by atoms with van der Waals surface area (Å²) in [5.74, 6) is -2.76. The molecule has 0 amide bonds. The van der Waals surface area contributed by atoms with E-state index in [1.807, 2.05) is 22.6 Å². The van der Waals surface area contributed by atoms with Crippen LogP contribution in [0.25, 0.3) is 0 Å². The first-order valence-corrected chi connectivity index (χ1v) is 10.6. The number of benzene rings is 1. The van der Waals surface area contributed by atoms with Gasteiger partial charge in [-0.1, -0.05) is 6.58 Å². The Morgan fingerprint density at radius 1 is 1.29 bits per heavy atom. The molecule has 1 N–H and O–H groups in total. The Morgan fingerprint density at radius 3 is 2.50 bits per heavy atom. The van der Waals surface area contributed by atoms with Crippen molar-refractivity contribution in [3.8, 4) is 5.75 Å². The largest absolute Gasteiger partial charge is 0.461 e. The van der Waals surface area contributed by atoms with Crippen molar-refractivity contribution in [3.63, 3.8) is 0 Å². The molecule has 0 radical (unpaired) electrons. The minimum Gasteiger partial charge on any atom is -0.461 e. The van der Waals surface area contributed by atoms with Crippen LogP contribution in [0.4, 0.5) is 0 Å². The fourth-order valence-corrected chi connectivity index (χ4v) is 3.05. The van der Waals surface area contributed by atoms with E-state index >= 15 is 0 Å². The van der Waals surface area contributed by atoms with Gasteiger partial charge < -0.3 is 14.2 Å². The van der Waals surface area contributed by atoms with E-state index in [1.54, 1.807) is 6.07 Å². The average Bonchev–Trinajstić information content (AvgIpc) is 2.54. The number of carbonyl (C=O) groups excluding carboxylic acids is 3. The van der Waals surface area contributed by atoms with Crippen molar-refractivity contribution in [2.45, 2.75) is 26.4 Å². The second-order valence-electron chi connectivity index (χ2n) is 5.75. The smallest absolute Gasteiger partial charge is 0.339 e. The highest BCUT2D eigenvalue weighted by atomic mass is 127. The van der Waals surface area contributed by atoms with Gasteiger partial charge in [0.2, 0.25) is 0 Å². The second kappa shape index (κ2) is 10.5. The first-order chi connectivity index (χ1) is 12.9. The lowest BCUT2D eigenvalue weighted by Gasteiger charge is -2.12. The van der Waals surface area contributed by atoms with E-state index in [1.165, 1.54) is 26.0 Å². The quantitative estimate of drug-likeness (QED) is 0.169. The summed E-state index contributed by atoms with van der Waals surface area (Å²) in [4.78, 5) is 35.3. The third kappa shape index (κ3) is 8.80. The lowest BCUT2D eigenvalue weighted by Crippen LogP contribution is -2.24. The molecule has 0 aliphatic carbocycles. The zero-order chi connectivity index (χ0) is 21.5. The molecule has 1 rings (SSSR count). The van der Waals surface area contributed by atoms with Gasteiger partial charge in [0, 0.05) is 9.14 Å². The predicted molar refractivity (Wildman–Crippen MR) is 106 cm³/mol. The lowest BCUT2D eigenvalue weighted by molar-refractivity contribution is -0.148. The SMILES string of the molecule is C=C(C)C(=O)Oc1ccc(I)c(C(=O)OCCC(=O)OC(C)CS(=O)(=O)O)c1. The molecule has 0 aliphatic rings. The van der Waals surface area contributed by atoms with E-state index in [-0.39, 0.29) is 29.9 Å². The maximum absolute atomic E-state index is 12.2. The Hall–Kier alpha value is -1.99. The van der Waals surface area contributed by atoms with E-state index in [4.69, 9.17) is 18.8 Å². The van der Waals surface area contributed by atoms with E-state index in [9.17, 15) is 22.8 Å². The normalized spacial score (nSPS) is 12.0. The Labute approximate surface area is 175 Å². The maximum Gasteiger partial charge on any atom is 0.339 e. The molecular formula is C17H19IO9S. The Kier molecular flexibility index (Phi) is 9.04. The van der Waals surface area contributed by atoms with Gasteiger partial charge in [-0.2, -0.15) is 8.42 Å². The molecule has 1 aromatic rings. The van der Waals surface area contributed by atoms with Crippen LogP contribution in [0.5, 0.6) is 5.75 Å². The van der Waals surface area contributed by atoms with Crippen LogP contribution in [0, 0.1) is 3.57 Å². The molecule has 9 nitrogen and oxygen atoms in total. The van der Waals surface area contributed by atoms with Crippen LogP contribution in [0.2, 0.25) is 0 Å². The summed E-state index contributed by atoms with van der Waals surface area (Å²) < 4.78 is 45.5. The van der Waals surface area contributed by atoms with E-state index in [2.05, 4.69) is 6.58 Å². The van der Waals surface area contributed by atoms with Gasteiger partial charge in [0.25, 0.3) is 10.1 Å². The number of ether oxygens (including phenoxy) is 3. The van der Waals surface area contributed by atoms with Crippen molar-refractivity contribution in [3.05, 3.63) is 39.5 Å². The summed E-state index contributed by atoms with van der Waals surface area (Å²) >= 11 is 1.90. The van der Waals surface area contributed by atoms with Gasteiger partial charge in [0.1, 0.15) is 24.2 Å². The van der Waals surface area contributed by atoms with Crippen LogP contribution in [0.1, 0.15) is 30.6 Å². The molecule has 0 saturated carbocycles. The molecule has 1 unspecified atom stereocenters. The average molecular weight is 526 g/mol. The van der Waals surface area contributed by atoms with Crippen molar-refractivity contribution >= 4 is 50.6 Å². The summed E-state index contributed by atoms with van der Waals surface area (Å²) in [6.45, 7) is 5.95. The molecule has 28 heavy (non-hydrogen) atoms. The minimum atomic E-state index is -4.27. The topological polar surface area (TPSA) is 133 Å². The lowest BCUT2D eigenvalue weighted by atomic mass is 10.2. The van der Waals surface area contributed by atoms with Gasteiger partial charge in [-0.15, -0.1) is 0 Å². The molecule has 0 spiro atoms. The highest BCUT2D eigenvalue weighted by Gasteiger charge is 2.18. The molecule has 154 valence electrons. The number of rotatable bonds is 9. The van der Waals surface area contributed by atoms with Crippen molar-refractivity contribution in [2.75, 3.05) is 12.4 Å². The Bertz CT molecular complexity index is 877. The maximum atomic E-state index is 12.2. The molecule has 1 atom stereocenters. The minimum absolute atomic E-state index is 0.138. The van der Waals surface area contributed by atoms with Crippen LogP contribution in [0.3, 0.4) is 0 Å². The number of esters is 3. The standard InChI is InChI=1S/C17H19IO9S/c1-10(2)16(20)27-12-4-5-14(18)13(8-12)17(21)25-7-6-15(19)26-11(3)9-28(22,23)24/h4-5,8,11H,1,6-7,9H2,2-3H3,(H,22,23,24). The third-order valence-electron chi connectivity index (χ3n) is 3.03. The first kappa shape index (κ1) is 24.0. The van der Waals surface area contributed by atoms with Gasteiger partial charge in [-0.05, 0) is 54.6 Å². The van der Waals surface area contributed by atoms with Crippen LogP contribution in [-0.4, -0.2) is 49.3 Å². The van der Waals surface area contributed by atoms with E-state index in [0.717, 1.165) is 0 Å². The number of hydrogen-bond donors (Lipinski definition) is 1. The first-order valence-electron chi connectivity index (χ1n) is 7.88. The molecular weight excluding hydrogens is 507 g/mol. The Morgan fingerprint density at radius 2 is 1.93 bits per heavy atom. The molecule has 0 saturated heterocycles. The Balaban J connectivity index is 2.60. The molecule has 11 heteroatoms. The van der Waals surface area contributed by atoms with Crippen LogP contribution >= 0.6 is 22.6 Å². The fourth-order valence-electron chi connectivity index (χ4n) is 1.84. The summed E-state index contributed by atoms with van der Waals surface area (Å²) in [6, 6.07) is 4.40. The van der Waals surface area contributed by atoms with Crippen molar-refractivity contribution < 1.29 is 41.6 Å². The summed E-state index contributed by atoms with van der Waals surface area (Å²) in [5.41, 5.74) is 0.338. The van der Waals surface area contributed by atoms with Gasteiger partial charge in [-0.25, -0.2) is 9.59 Å². The monoisotopic (exact) mass is 526 g/mol. The van der Waals surface area contributed by atoms with E-state index < -0.39 is 39.9 Å². The van der Waals surface area contributed by atoms with E-state index in [0.29, 0.717) is 3.57 Å². The zero-order valence-corrected chi connectivity index (χ0v) is 18.1. The second-order valence-corrected chi connectivity index (χ2v) is 8.41. The highest BCUT2D eigenvalue weighted by molar-refractivity contribution is 14.1. The summed E-state index contributed by atoms with van der Waals surface area (Å²) in [6.07, 6.45) is -1.35. The van der Waals surface area contributed by atoms with Crippen molar-refractivity contribution in [2.24, 2.45) is 0 Å². The van der Waals surface area contributed by atoms with Gasteiger partial charge in [-0.3, -0.25) is 9.35 Å². The summed E-state index contributed by atoms with van der Waals surface area (Å²) in [5, 5.41) is 0. The summed E-state index contributed by atoms with van der Waals surface area (Å²) in [7, 11) is -4.27. The molecule has 1 aromatic carbocycles. The predicted octanol–water partition coefficient (Wildman–Crippen LogP) is 2.14. The molecule has 0 aromatic heterocycles. The molecule has 0 aliphatic heterocycles. The zero-order valence-electron chi connectivity index (χ0n) is 15.1. The van der Waals surface area contributed by atoms with Crippen molar-refractivity contribution in [1.29, 1.82) is 0 Å². The number of carbonyl (C=O) groups is 3. The highest BCUT2D eigenvalue weighted by Crippen LogP contribution is 2.21. The van der Waals surface area contributed by atoms with Gasteiger partial charge >= 0.3 is 17.9 Å².